The van der Waals surface area contributed by atoms with Crippen molar-refractivity contribution in [2.45, 2.75) is 12.5 Å². The summed E-state index contributed by atoms with van der Waals surface area (Å²) in [6.07, 6.45) is 0.137. The number of nitro benzene ring substituents is 1. The summed E-state index contributed by atoms with van der Waals surface area (Å²) in [5.41, 5.74) is 2.46. The number of carbonyl (C=O) groups is 1. The van der Waals surface area contributed by atoms with Gasteiger partial charge in [0.2, 0.25) is 0 Å². The van der Waals surface area contributed by atoms with E-state index in [1.165, 1.54) is 24.3 Å². The van der Waals surface area contributed by atoms with Crippen molar-refractivity contribution in [3.8, 4) is 0 Å². The quantitative estimate of drug-likeness (QED) is 0.698. The predicted molar refractivity (Wildman–Crippen MR) is 80.6 cm³/mol. The lowest BCUT2D eigenvalue weighted by atomic mass is 9.97. The van der Waals surface area contributed by atoms with Gasteiger partial charge in [0.25, 0.3) is 11.6 Å². The number of amides is 1. The zero-order valence-corrected chi connectivity index (χ0v) is 11.7. The van der Waals surface area contributed by atoms with Crippen LogP contribution in [0.4, 0.5) is 11.4 Å². The van der Waals surface area contributed by atoms with Gasteiger partial charge in [0.05, 0.1) is 11.5 Å². The fraction of sp³-hybridized carbons (Fsp3) is 0.188. The zero-order valence-electron chi connectivity index (χ0n) is 11.7. The van der Waals surface area contributed by atoms with Crippen molar-refractivity contribution in [1.82, 2.24) is 0 Å². The number of rotatable bonds is 3. The van der Waals surface area contributed by atoms with E-state index in [0.717, 1.165) is 17.5 Å². The van der Waals surface area contributed by atoms with E-state index in [1.807, 2.05) is 24.3 Å². The van der Waals surface area contributed by atoms with Crippen LogP contribution in [0, 0.1) is 10.1 Å². The lowest BCUT2D eigenvalue weighted by Gasteiger charge is -2.25. The highest BCUT2D eigenvalue weighted by atomic mass is 16.6. The van der Waals surface area contributed by atoms with Gasteiger partial charge >= 0.3 is 0 Å². The number of nitrogens with one attached hydrogen (secondary N) is 1. The van der Waals surface area contributed by atoms with Crippen molar-refractivity contribution in [2.24, 2.45) is 0 Å². The molecule has 0 aliphatic carbocycles. The van der Waals surface area contributed by atoms with E-state index in [-0.39, 0.29) is 11.6 Å². The van der Waals surface area contributed by atoms with Crippen LogP contribution in [0.3, 0.4) is 0 Å². The van der Waals surface area contributed by atoms with E-state index in [9.17, 15) is 14.9 Å². The molecule has 22 heavy (non-hydrogen) atoms. The molecule has 2 aromatic carbocycles. The summed E-state index contributed by atoms with van der Waals surface area (Å²) in [5, 5.41) is 13.3. The van der Waals surface area contributed by atoms with Crippen LogP contribution >= 0.6 is 0 Å². The number of fused-ring (bicyclic) bond motifs is 1. The van der Waals surface area contributed by atoms with Crippen molar-refractivity contribution in [2.75, 3.05) is 11.9 Å². The van der Waals surface area contributed by atoms with E-state index in [1.54, 1.807) is 0 Å². The van der Waals surface area contributed by atoms with Crippen LogP contribution in [0.5, 0.6) is 0 Å². The lowest BCUT2D eigenvalue weighted by molar-refractivity contribution is -0.384. The Bertz CT molecular complexity index is 712. The van der Waals surface area contributed by atoms with Gasteiger partial charge in [-0.15, -0.1) is 0 Å². The monoisotopic (exact) mass is 298 g/mol. The second-order valence-corrected chi connectivity index (χ2v) is 4.99. The van der Waals surface area contributed by atoms with Gasteiger partial charge in [-0.2, -0.15) is 0 Å². The van der Waals surface area contributed by atoms with Gasteiger partial charge in [0.15, 0.2) is 6.10 Å². The molecule has 0 aromatic heterocycles. The van der Waals surface area contributed by atoms with Gasteiger partial charge in [-0.25, -0.2) is 0 Å². The van der Waals surface area contributed by atoms with E-state index >= 15 is 0 Å². The number of anilines is 1. The van der Waals surface area contributed by atoms with Gasteiger partial charge in [0.1, 0.15) is 0 Å². The first-order valence-electron chi connectivity index (χ1n) is 6.90. The van der Waals surface area contributed by atoms with Crippen molar-refractivity contribution in [3.05, 3.63) is 69.8 Å². The molecule has 0 saturated heterocycles. The van der Waals surface area contributed by atoms with Crippen LogP contribution in [-0.4, -0.2) is 17.4 Å². The predicted octanol–water partition coefficient (Wildman–Crippen LogP) is 2.85. The Kier molecular flexibility index (Phi) is 3.84. The Morgan fingerprint density at radius 1 is 1.18 bits per heavy atom. The maximum absolute atomic E-state index is 12.4. The van der Waals surface area contributed by atoms with E-state index in [0.29, 0.717) is 12.3 Å². The number of nitrogens with zero attached hydrogens (tertiary/aromatic N) is 1. The zero-order chi connectivity index (χ0) is 15.5. The van der Waals surface area contributed by atoms with Gasteiger partial charge in [-0.05, 0) is 29.7 Å². The summed E-state index contributed by atoms with van der Waals surface area (Å²) in [5.74, 6) is -0.277. The van der Waals surface area contributed by atoms with Crippen LogP contribution in [0.15, 0.2) is 48.5 Å². The average molecular weight is 298 g/mol. The number of ether oxygens (including phenoxy) is 1. The van der Waals surface area contributed by atoms with Crippen molar-refractivity contribution < 1.29 is 14.5 Å². The molecule has 112 valence electrons. The standard InChI is InChI=1S/C16H14N2O4/c19-16(17-12-5-7-13(8-6-12)18(20)21)15-14-4-2-1-3-11(14)9-10-22-15/h1-8,15H,9-10H2,(H,17,19). The molecule has 3 rings (SSSR count). The Labute approximate surface area is 126 Å². The third-order valence-corrected chi connectivity index (χ3v) is 3.58. The number of carbonyl (C=O) groups excluding carboxylic acids is 1. The van der Waals surface area contributed by atoms with Gasteiger partial charge in [-0.3, -0.25) is 14.9 Å². The number of nitro groups is 1. The van der Waals surface area contributed by atoms with Crippen molar-refractivity contribution in [3.63, 3.8) is 0 Å². The number of non-ortho nitro benzene ring substituents is 1. The van der Waals surface area contributed by atoms with Gasteiger partial charge < -0.3 is 10.1 Å². The van der Waals surface area contributed by atoms with Crippen LogP contribution in [0.2, 0.25) is 0 Å². The Hall–Kier alpha value is -2.73. The van der Waals surface area contributed by atoms with Gasteiger partial charge in [0, 0.05) is 17.8 Å². The molecule has 0 spiro atoms. The topological polar surface area (TPSA) is 81.5 Å². The molecular weight excluding hydrogens is 284 g/mol. The van der Waals surface area contributed by atoms with Crippen LogP contribution in [0.25, 0.3) is 0 Å². The third-order valence-electron chi connectivity index (χ3n) is 3.58. The first kappa shape index (κ1) is 14.2. The minimum absolute atomic E-state index is 0.0164. The molecule has 0 fully saturated rings. The molecule has 0 bridgehead atoms. The van der Waals surface area contributed by atoms with E-state index < -0.39 is 11.0 Å². The molecule has 2 aromatic rings. The minimum atomic E-state index is -0.653. The molecule has 6 nitrogen and oxygen atoms in total. The number of hydrogen-bond donors (Lipinski definition) is 1. The molecule has 1 N–H and O–H groups in total. The first-order chi connectivity index (χ1) is 10.6. The molecule has 0 radical (unpaired) electrons. The fourth-order valence-corrected chi connectivity index (χ4v) is 2.49. The Morgan fingerprint density at radius 2 is 1.91 bits per heavy atom. The lowest BCUT2D eigenvalue weighted by Crippen LogP contribution is -2.28. The van der Waals surface area contributed by atoms with E-state index in [4.69, 9.17) is 4.74 Å². The second-order valence-electron chi connectivity index (χ2n) is 4.99. The summed E-state index contributed by atoms with van der Waals surface area (Å²) in [4.78, 5) is 22.5. The number of benzene rings is 2. The van der Waals surface area contributed by atoms with Gasteiger partial charge in [-0.1, -0.05) is 24.3 Å². The highest BCUT2D eigenvalue weighted by Crippen LogP contribution is 2.28. The van der Waals surface area contributed by atoms with Crippen LogP contribution < -0.4 is 5.32 Å². The molecule has 1 atom stereocenters. The summed E-state index contributed by atoms with van der Waals surface area (Å²) in [7, 11) is 0. The van der Waals surface area contributed by atoms with Crippen molar-refractivity contribution in [1.29, 1.82) is 0 Å². The summed E-state index contributed by atoms with van der Waals surface area (Å²) >= 11 is 0. The molecule has 1 amide bonds. The minimum Gasteiger partial charge on any atom is -0.363 e. The highest BCUT2D eigenvalue weighted by Gasteiger charge is 2.27. The van der Waals surface area contributed by atoms with Crippen LogP contribution in [-0.2, 0) is 16.0 Å². The summed E-state index contributed by atoms with van der Waals surface area (Å²) in [6.45, 7) is 0.495. The average Bonchev–Trinajstić information content (AvgIpc) is 2.54. The molecule has 1 heterocycles. The molecule has 1 unspecified atom stereocenters. The molecule has 1 aliphatic rings. The van der Waals surface area contributed by atoms with Crippen LogP contribution in [0.1, 0.15) is 17.2 Å². The maximum Gasteiger partial charge on any atom is 0.269 e. The molecular formula is C16H14N2O4. The van der Waals surface area contributed by atoms with Crippen molar-refractivity contribution >= 4 is 17.3 Å². The first-order valence-corrected chi connectivity index (χ1v) is 6.90. The molecule has 1 aliphatic heterocycles. The highest BCUT2D eigenvalue weighted by molar-refractivity contribution is 5.95. The van der Waals surface area contributed by atoms with E-state index in [2.05, 4.69) is 5.32 Å². The molecule has 6 heteroatoms. The second kappa shape index (κ2) is 5.95. The SMILES string of the molecule is O=C(Nc1ccc([N+](=O)[O-])cc1)C1OCCc2ccccc21. The largest absolute Gasteiger partial charge is 0.363 e. The smallest absolute Gasteiger partial charge is 0.269 e. The third kappa shape index (κ3) is 2.82. The Morgan fingerprint density at radius 3 is 2.64 bits per heavy atom. The molecule has 0 saturated carbocycles. The summed E-state index contributed by atoms with van der Waals surface area (Å²) < 4.78 is 5.58. The maximum atomic E-state index is 12.4. The fourth-order valence-electron chi connectivity index (χ4n) is 2.49. The Balaban J connectivity index is 1.76. The number of hydrogen-bond acceptors (Lipinski definition) is 4. The summed E-state index contributed by atoms with van der Waals surface area (Å²) in [6, 6.07) is 13.4. The normalized spacial score (nSPS) is 16.6.